The summed E-state index contributed by atoms with van der Waals surface area (Å²) in [4.78, 5) is 4.08. The first-order valence-corrected chi connectivity index (χ1v) is 6.55. The van der Waals surface area contributed by atoms with Gasteiger partial charge in [0.2, 0.25) is 0 Å². The fraction of sp³-hybridized carbons (Fsp3) is 0.214. The number of aromatic nitrogens is 1. The van der Waals surface area contributed by atoms with Crippen LogP contribution in [-0.2, 0) is 13.2 Å². The van der Waals surface area contributed by atoms with Crippen LogP contribution >= 0.6 is 11.6 Å². The van der Waals surface area contributed by atoms with Crippen LogP contribution in [0.1, 0.15) is 16.8 Å². The van der Waals surface area contributed by atoms with Crippen molar-refractivity contribution in [3.63, 3.8) is 0 Å². The molecule has 0 amide bonds. The Balaban J connectivity index is 2.43. The van der Waals surface area contributed by atoms with Gasteiger partial charge in [0.05, 0.1) is 24.6 Å². The first kappa shape index (κ1) is 15.4. The lowest BCUT2D eigenvalue weighted by molar-refractivity contribution is 0.254. The van der Waals surface area contributed by atoms with Crippen LogP contribution in [0.2, 0.25) is 5.02 Å². The number of aromatic hydroxyl groups is 1. The summed E-state index contributed by atoms with van der Waals surface area (Å²) in [5, 5.41) is 37.1. The Hall–Kier alpha value is -2.02. The molecule has 0 bridgehead atoms. The van der Waals surface area contributed by atoms with Gasteiger partial charge in [-0.25, -0.2) is 4.98 Å². The Morgan fingerprint density at radius 2 is 1.67 bits per heavy atom. The largest absolute Gasteiger partial charge is 0.506 e. The number of benzene rings is 1. The third-order valence-electron chi connectivity index (χ3n) is 2.94. The fourth-order valence-corrected chi connectivity index (χ4v) is 1.93. The Morgan fingerprint density at radius 3 is 2.24 bits per heavy atom. The predicted octanol–water partition coefficient (Wildman–Crippen LogP) is 3.15. The average Bonchev–Trinajstić information content (AvgIpc) is 2.49. The van der Waals surface area contributed by atoms with Crippen LogP contribution in [0.3, 0.4) is 0 Å². The number of azo groups is 1. The van der Waals surface area contributed by atoms with E-state index in [-0.39, 0.29) is 22.7 Å². The summed E-state index contributed by atoms with van der Waals surface area (Å²) in [6.07, 6.45) is 0. The van der Waals surface area contributed by atoms with Gasteiger partial charge < -0.3 is 15.3 Å². The third kappa shape index (κ3) is 3.36. The van der Waals surface area contributed by atoms with Crippen molar-refractivity contribution < 1.29 is 15.3 Å². The quantitative estimate of drug-likeness (QED) is 0.756. The molecule has 1 aromatic heterocycles. The van der Waals surface area contributed by atoms with E-state index in [0.717, 1.165) is 0 Å². The molecule has 1 aromatic carbocycles. The van der Waals surface area contributed by atoms with Gasteiger partial charge in [-0.1, -0.05) is 11.6 Å². The van der Waals surface area contributed by atoms with Gasteiger partial charge in [0.25, 0.3) is 0 Å². The molecule has 7 heteroatoms. The Labute approximate surface area is 126 Å². The van der Waals surface area contributed by atoms with Crippen LogP contribution in [0.4, 0.5) is 11.5 Å². The van der Waals surface area contributed by atoms with Crippen molar-refractivity contribution in [2.75, 3.05) is 0 Å². The standard InChI is InChI=1S/C14H14ClN3O3/c1-8-13(21)11(6-19)12(7-20)14(16-8)18-17-10-4-2-9(15)3-5-10/h2-5,19-21H,6-7H2,1H3. The van der Waals surface area contributed by atoms with Crippen LogP contribution < -0.4 is 0 Å². The lowest BCUT2D eigenvalue weighted by Gasteiger charge is -2.11. The molecule has 1 heterocycles. The maximum Gasteiger partial charge on any atom is 0.180 e. The van der Waals surface area contributed by atoms with E-state index < -0.39 is 13.2 Å². The van der Waals surface area contributed by atoms with Gasteiger partial charge in [-0.3, -0.25) is 0 Å². The zero-order valence-corrected chi connectivity index (χ0v) is 12.0. The first-order chi connectivity index (χ1) is 10.1. The average molecular weight is 308 g/mol. The number of nitrogens with zero attached hydrogens (tertiary/aromatic N) is 3. The van der Waals surface area contributed by atoms with Crippen molar-refractivity contribution >= 4 is 23.1 Å². The summed E-state index contributed by atoms with van der Waals surface area (Å²) in [5.41, 5.74) is 1.33. The van der Waals surface area contributed by atoms with E-state index in [2.05, 4.69) is 15.2 Å². The molecule has 0 atom stereocenters. The predicted molar refractivity (Wildman–Crippen MR) is 78.1 cm³/mol. The number of aliphatic hydroxyl groups is 2. The minimum Gasteiger partial charge on any atom is -0.506 e. The second-order valence-electron chi connectivity index (χ2n) is 4.32. The molecule has 6 nitrogen and oxygen atoms in total. The first-order valence-electron chi connectivity index (χ1n) is 6.17. The Morgan fingerprint density at radius 1 is 1.05 bits per heavy atom. The number of aryl methyl sites for hydroxylation is 1. The topological polar surface area (TPSA) is 98.3 Å². The molecule has 0 aliphatic heterocycles. The minimum atomic E-state index is -0.422. The smallest absolute Gasteiger partial charge is 0.180 e. The van der Waals surface area contributed by atoms with E-state index in [9.17, 15) is 15.3 Å². The molecule has 0 radical (unpaired) electrons. The molecule has 0 unspecified atom stereocenters. The van der Waals surface area contributed by atoms with Crippen LogP contribution in [0.25, 0.3) is 0 Å². The number of halogens is 1. The number of hydrogen-bond acceptors (Lipinski definition) is 6. The molecular formula is C14H14ClN3O3. The normalized spacial score (nSPS) is 11.2. The summed E-state index contributed by atoms with van der Waals surface area (Å²) >= 11 is 5.78. The van der Waals surface area contributed by atoms with Gasteiger partial charge in [0.1, 0.15) is 5.75 Å². The number of rotatable bonds is 4. The van der Waals surface area contributed by atoms with Crippen molar-refractivity contribution in [1.29, 1.82) is 0 Å². The van der Waals surface area contributed by atoms with Gasteiger partial charge in [-0.2, -0.15) is 0 Å². The van der Waals surface area contributed by atoms with Gasteiger partial charge in [0.15, 0.2) is 5.82 Å². The SMILES string of the molecule is Cc1nc(N=Nc2ccc(Cl)cc2)c(CO)c(CO)c1O. The molecule has 0 spiro atoms. The number of hydrogen-bond donors (Lipinski definition) is 3. The highest BCUT2D eigenvalue weighted by Crippen LogP contribution is 2.31. The van der Waals surface area contributed by atoms with Crippen molar-refractivity contribution in [3.05, 3.63) is 46.1 Å². The number of pyridine rings is 1. The van der Waals surface area contributed by atoms with Crippen molar-refractivity contribution in [2.24, 2.45) is 10.2 Å². The number of aliphatic hydroxyl groups excluding tert-OH is 2. The molecule has 0 fully saturated rings. The Bertz CT molecular complexity index is 672. The molecule has 0 saturated heterocycles. The highest BCUT2D eigenvalue weighted by Gasteiger charge is 2.16. The van der Waals surface area contributed by atoms with Gasteiger partial charge in [0, 0.05) is 16.1 Å². The maximum atomic E-state index is 9.83. The van der Waals surface area contributed by atoms with Crippen LogP contribution in [0.5, 0.6) is 5.75 Å². The zero-order chi connectivity index (χ0) is 15.4. The second-order valence-corrected chi connectivity index (χ2v) is 4.76. The molecule has 3 N–H and O–H groups in total. The highest BCUT2D eigenvalue weighted by molar-refractivity contribution is 6.30. The van der Waals surface area contributed by atoms with Crippen LogP contribution in [0.15, 0.2) is 34.5 Å². The minimum absolute atomic E-state index is 0.146. The lowest BCUT2D eigenvalue weighted by atomic mass is 10.1. The van der Waals surface area contributed by atoms with Gasteiger partial charge >= 0.3 is 0 Å². The molecular weight excluding hydrogens is 294 g/mol. The van der Waals surface area contributed by atoms with E-state index in [1.807, 2.05) is 0 Å². The molecule has 2 rings (SSSR count). The monoisotopic (exact) mass is 307 g/mol. The van der Waals surface area contributed by atoms with E-state index in [0.29, 0.717) is 16.4 Å². The molecule has 0 aliphatic carbocycles. The third-order valence-corrected chi connectivity index (χ3v) is 3.19. The summed E-state index contributed by atoms with van der Waals surface area (Å²) in [7, 11) is 0. The van der Waals surface area contributed by atoms with Crippen molar-refractivity contribution in [1.82, 2.24) is 4.98 Å². The van der Waals surface area contributed by atoms with Gasteiger partial charge in [-0.05, 0) is 31.2 Å². The van der Waals surface area contributed by atoms with Crippen molar-refractivity contribution in [3.8, 4) is 5.75 Å². The summed E-state index contributed by atoms with van der Waals surface area (Å²) in [5.74, 6) is 0.0128. The van der Waals surface area contributed by atoms with Crippen LogP contribution in [-0.4, -0.2) is 20.3 Å². The molecule has 2 aromatic rings. The van der Waals surface area contributed by atoms with E-state index in [4.69, 9.17) is 11.6 Å². The lowest BCUT2D eigenvalue weighted by Crippen LogP contribution is -2.00. The second kappa shape index (κ2) is 6.62. The van der Waals surface area contributed by atoms with Crippen molar-refractivity contribution in [2.45, 2.75) is 20.1 Å². The summed E-state index contributed by atoms with van der Waals surface area (Å²) < 4.78 is 0. The molecule has 0 saturated carbocycles. The van der Waals surface area contributed by atoms with Crippen LogP contribution in [0, 0.1) is 6.92 Å². The van der Waals surface area contributed by atoms with E-state index in [1.165, 1.54) is 0 Å². The molecule has 21 heavy (non-hydrogen) atoms. The van der Waals surface area contributed by atoms with E-state index >= 15 is 0 Å². The van der Waals surface area contributed by atoms with E-state index in [1.54, 1.807) is 31.2 Å². The maximum absolute atomic E-state index is 9.83. The highest BCUT2D eigenvalue weighted by atomic mass is 35.5. The summed E-state index contributed by atoms with van der Waals surface area (Å²) in [6, 6.07) is 6.73. The zero-order valence-electron chi connectivity index (χ0n) is 11.3. The Kier molecular flexibility index (Phi) is 4.85. The molecule has 0 aliphatic rings. The fourth-order valence-electron chi connectivity index (χ4n) is 1.81. The molecule has 110 valence electrons. The summed E-state index contributed by atoms with van der Waals surface area (Å²) in [6.45, 7) is 0.747. The van der Waals surface area contributed by atoms with Gasteiger partial charge in [-0.15, -0.1) is 10.2 Å².